The molecule has 2 fully saturated rings. The number of benzene rings is 2. The van der Waals surface area contributed by atoms with Crippen LogP contribution >= 0.6 is 0 Å². The number of hydrogen-bond acceptors (Lipinski definition) is 2. The smallest absolute Gasteiger partial charge is 0.115 e. The van der Waals surface area contributed by atoms with Crippen LogP contribution in [0.15, 0.2) is 54.7 Å². The van der Waals surface area contributed by atoms with E-state index < -0.39 is 0 Å². The largest absolute Gasteiger partial charge is 0.508 e. The fourth-order valence-corrected chi connectivity index (χ4v) is 5.70. The summed E-state index contributed by atoms with van der Waals surface area (Å²) >= 11 is 0. The van der Waals surface area contributed by atoms with Gasteiger partial charge in [0.05, 0.1) is 0 Å². The molecule has 1 atom stereocenters. The Labute approximate surface area is 189 Å². The Morgan fingerprint density at radius 2 is 1.77 bits per heavy atom. The molecule has 1 aliphatic heterocycles. The van der Waals surface area contributed by atoms with Crippen molar-refractivity contribution in [3.8, 4) is 5.75 Å². The fourth-order valence-electron chi connectivity index (χ4n) is 5.70. The van der Waals surface area contributed by atoms with Crippen molar-refractivity contribution in [2.24, 2.45) is 5.92 Å². The minimum Gasteiger partial charge on any atom is -0.508 e. The van der Waals surface area contributed by atoms with Gasteiger partial charge in [-0.05, 0) is 86.6 Å². The average molecular weight is 418 g/mol. The first-order valence-electron chi connectivity index (χ1n) is 12.3. The molecule has 1 heterocycles. The van der Waals surface area contributed by atoms with Crippen LogP contribution in [-0.2, 0) is 18.3 Å². The maximum Gasteiger partial charge on any atom is 0.115 e. The molecule has 0 radical (unpaired) electrons. The number of phenolic OH excluding ortho intramolecular Hbond substituents is 1. The normalized spacial score (nSPS) is 21.5. The van der Waals surface area contributed by atoms with Gasteiger partial charge in [0.2, 0.25) is 0 Å². The van der Waals surface area contributed by atoms with Crippen LogP contribution < -0.4 is 0 Å². The molecular formula is C29H39NO. The zero-order valence-corrected chi connectivity index (χ0v) is 19.5. The molecule has 0 aromatic heterocycles. The standard InChI is InChI=1S/C19H27NO.C10H12/c1-3-16-6-4-13-20(14-16)15(2)19(11-5-12-19)17-7-9-18(21)10-8-17;1-8-5-6-9-3-2-4-10(9)7-8/h7-10,16,21H,2-6,11-14H2,1H3;5-7H,2-4H2,1H3. The van der Waals surface area contributed by atoms with Gasteiger partial charge in [0.25, 0.3) is 0 Å². The molecule has 1 saturated carbocycles. The first kappa shape index (κ1) is 22.0. The molecule has 1 N–H and O–H groups in total. The molecule has 166 valence electrons. The van der Waals surface area contributed by atoms with E-state index in [9.17, 15) is 5.11 Å². The number of aryl methyl sites for hydroxylation is 3. The Bertz CT molecular complexity index is 893. The molecule has 5 rings (SSSR count). The number of rotatable bonds is 4. The highest BCUT2D eigenvalue weighted by Gasteiger charge is 2.43. The van der Waals surface area contributed by atoms with Crippen LogP contribution in [0.4, 0.5) is 0 Å². The highest BCUT2D eigenvalue weighted by Crippen LogP contribution is 2.50. The minimum atomic E-state index is 0.128. The van der Waals surface area contributed by atoms with Crippen molar-refractivity contribution in [1.29, 1.82) is 0 Å². The molecule has 2 aromatic carbocycles. The second-order valence-corrected chi connectivity index (χ2v) is 9.92. The van der Waals surface area contributed by atoms with E-state index in [0.717, 1.165) is 12.5 Å². The summed E-state index contributed by atoms with van der Waals surface area (Å²) in [6.45, 7) is 11.3. The van der Waals surface area contributed by atoms with E-state index in [0.29, 0.717) is 5.75 Å². The van der Waals surface area contributed by atoms with Crippen LogP contribution in [0.25, 0.3) is 0 Å². The number of hydrogen-bond donors (Lipinski definition) is 1. The third-order valence-electron chi connectivity index (χ3n) is 7.91. The summed E-state index contributed by atoms with van der Waals surface area (Å²) in [6.07, 6.45) is 11.6. The lowest BCUT2D eigenvalue weighted by molar-refractivity contribution is 0.153. The molecule has 0 bridgehead atoms. The number of fused-ring (bicyclic) bond motifs is 1. The van der Waals surface area contributed by atoms with Gasteiger partial charge in [0.1, 0.15) is 5.75 Å². The number of allylic oxidation sites excluding steroid dienone is 1. The van der Waals surface area contributed by atoms with Crippen LogP contribution in [0, 0.1) is 12.8 Å². The summed E-state index contributed by atoms with van der Waals surface area (Å²) in [5.74, 6) is 1.18. The van der Waals surface area contributed by atoms with Crippen molar-refractivity contribution in [1.82, 2.24) is 4.90 Å². The predicted molar refractivity (Wildman–Crippen MR) is 131 cm³/mol. The maximum atomic E-state index is 9.53. The second-order valence-electron chi connectivity index (χ2n) is 9.92. The van der Waals surface area contributed by atoms with Gasteiger partial charge in [-0.25, -0.2) is 0 Å². The van der Waals surface area contributed by atoms with Gasteiger partial charge in [-0.1, -0.05) is 62.2 Å². The fraction of sp³-hybridized carbons (Fsp3) is 0.517. The summed E-state index contributed by atoms with van der Waals surface area (Å²) < 4.78 is 0. The van der Waals surface area contributed by atoms with Crippen molar-refractivity contribution < 1.29 is 5.11 Å². The molecule has 3 aliphatic rings. The van der Waals surface area contributed by atoms with Crippen molar-refractivity contribution in [3.63, 3.8) is 0 Å². The molecule has 1 unspecified atom stereocenters. The summed E-state index contributed by atoms with van der Waals surface area (Å²) in [4.78, 5) is 2.55. The molecule has 1 saturated heterocycles. The van der Waals surface area contributed by atoms with Gasteiger partial charge in [-0.15, -0.1) is 0 Å². The number of nitrogens with zero attached hydrogens (tertiary/aromatic N) is 1. The molecule has 2 nitrogen and oxygen atoms in total. The van der Waals surface area contributed by atoms with Crippen molar-refractivity contribution >= 4 is 0 Å². The Morgan fingerprint density at radius 1 is 1.03 bits per heavy atom. The zero-order valence-electron chi connectivity index (χ0n) is 19.5. The third kappa shape index (κ3) is 4.68. The quantitative estimate of drug-likeness (QED) is 0.583. The van der Waals surface area contributed by atoms with E-state index in [1.165, 1.54) is 81.2 Å². The summed E-state index contributed by atoms with van der Waals surface area (Å²) in [7, 11) is 0. The number of piperidine rings is 1. The molecule has 2 heteroatoms. The first-order chi connectivity index (χ1) is 15.0. The lowest BCUT2D eigenvalue weighted by Gasteiger charge is -2.50. The average Bonchev–Trinajstić information content (AvgIpc) is 3.22. The molecule has 0 spiro atoms. The molecule has 0 amide bonds. The SMILES string of the molecule is C=C(N1CCCC(CC)C1)C1(c2ccc(O)cc2)CCC1.Cc1ccc2c(c1)CCC2. The van der Waals surface area contributed by atoms with Crippen molar-refractivity contribution in [2.75, 3.05) is 13.1 Å². The minimum absolute atomic E-state index is 0.128. The van der Waals surface area contributed by atoms with E-state index in [-0.39, 0.29) is 5.41 Å². The van der Waals surface area contributed by atoms with Crippen LogP contribution in [-0.4, -0.2) is 23.1 Å². The topological polar surface area (TPSA) is 23.5 Å². The number of phenols is 1. The first-order valence-corrected chi connectivity index (χ1v) is 12.3. The second kappa shape index (κ2) is 9.51. The van der Waals surface area contributed by atoms with E-state index in [2.05, 4.69) is 55.7 Å². The highest BCUT2D eigenvalue weighted by atomic mass is 16.3. The summed E-state index contributed by atoms with van der Waals surface area (Å²) in [6, 6.07) is 14.6. The monoisotopic (exact) mass is 417 g/mol. The Morgan fingerprint density at radius 3 is 2.45 bits per heavy atom. The third-order valence-corrected chi connectivity index (χ3v) is 7.91. The number of aromatic hydroxyl groups is 1. The van der Waals surface area contributed by atoms with Crippen LogP contribution in [0.1, 0.15) is 74.1 Å². The van der Waals surface area contributed by atoms with Gasteiger partial charge >= 0.3 is 0 Å². The van der Waals surface area contributed by atoms with Gasteiger partial charge in [0.15, 0.2) is 0 Å². The predicted octanol–water partition coefficient (Wildman–Crippen LogP) is 6.93. The Kier molecular flexibility index (Phi) is 6.74. The molecule has 2 aromatic rings. The highest BCUT2D eigenvalue weighted by molar-refractivity contribution is 5.40. The molecule has 31 heavy (non-hydrogen) atoms. The Hall–Kier alpha value is -2.22. The van der Waals surface area contributed by atoms with Gasteiger partial charge in [-0.2, -0.15) is 0 Å². The summed E-state index contributed by atoms with van der Waals surface area (Å²) in [5, 5.41) is 9.53. The number of likely N-dealkylation sites (tertiary alicyclic amines) is 1. The van der Waals surface area contributed by atoms with E-state index in [4.69, 9.17) is 0 Å². The van der Waals surface area contributed by atoms with E-state index in [1.54, 1.807) is 11.1 Å². The van der Waals surface area contributed by atoms with Crippen LogP contribution in [0.5, 0.6) is 5.75 Å². The van der Waals surface area contributed by atoms with Crippen LogP contribution in [0.2, 0.25) is 0 Å². The van der Waals surface area contributed by atoms with E-state index in [1.807, 2.05) is 12.1 Å². The van der Waals surface area contributed by atoms with Gasteiger partial charge in [0, 0.05) is 24.2 Å². The van der Waals surface area contributed by atoms with Crippen LogP contribution in [0.3, 0.4) is 0 Å². The van der Waals surface area contributed by atoms with Gasteiger partial charge in [-0.3, -0.25) is 0 Å². The Balaban J connectivity index is 0.000000192. The van der Waals surface area contributed by atoms with Crippen molar-refractivity contribution in [3.05, 3.63) is 77.0 Å². The lowest BCUT2D eigenvalue weighted by Crippen LogP contribution is -2.46. The maximum absolute atomic E-state index is 9.53. The zero-order chi connectivity index (χ0) is 21.8. The van der Waals surface area contributed by atoms with Crippen molar-refractivity contribution in [2.45, 2.75) is 77.0 Å². The summed E-state index contributed by atoms with van der Waals surface area (Å²) in [5.41, 5.74) is 7.34. The molecular weight excluding hydrogens is 378 g/mol. The van der Waals surface area contributed by atoms with Gasteiger partial charge < -0.3 is 10.0 Å². The lowest BCUT2D eigenvalue weighted by atomic mass is 9.62. The molecule has 2 aliphatic carbocycles. The van der Waals surface area contributed by atoms with E-state index >= 15 is 0 Å².